The molecule has 1 aromatic carbocycles. The predicted molar refractivity (Wildman–Crippen MR) is 95.0 cm³/mol. The monoisotopic (exact) mass is 392 g/mol. The standard InChI is InChI=1S/C15H21BrN2OS.ClH/c1-10(20-13-7-5-12(16)6-8-13)14(19)18-15(2,9-17)11-3-4-11;/h5-8,10-11H,3-4,9,17H2,1-2H3,(H,18,19);1H. The van der Waals surface area contributed by atoms with Crippen LogP contribution in [0.4, 0.5) is 0 Å². The molecular weight excluding hydrogens is 372 g/mol. The third-order valence-electron chi connectivity index (χ3n) is 3.81. The van der Waals surface area contributed by atoms with Crippen LogP contribution in [0.3, 0.4) is 0 Å². The highest BCUT2D eigenvalue weighted by atomic mass is 79.9. The molecule has 1 fully saturated rings. The molecule has 3 nitrogen and oxygen atoms in total. The van der Waals surface area contributed by atoms with Crippen LogP contribution in [0, 0.1) is 5.92 Å². The fraction of sp³-hybridized carbons (Fsp3) is 0.533. The summed E-state index contributed by atoms with van der Waals surface area (Å²) in [6.45, 7) is 4.49. The average Bonchev–Trinajstić information content (AvgIpc) is 3.26. The minimum atomic E-state index is -0.244. The van der Waals surface area contributed by atoms with Gasteiger partial charge in [0.05, 0.1) is 10.8 Å². The maximum Gasteiger partial charge on any atom is 0.233 e. The number of hydrogen-bond donors (Lipinski definition) is 2. The van der Waals surface area contributed by atoms with Crippen LogP contribution in [0.2, 0.25) is 0 Å². The highest BCUT2D eigenvalue weighted by Crippen LogP contribution is 2.39. The molecule has 118 valence electrons. The van der Waals surface area contributed by atoms with Crippen LogP contribution in [0.5, 0.6) is 0 Å². The molecule has 1 amide bonds. The molecule has 1 aliphatic rings. The lowest BCUT2D eigenvalue weighted by Crippen LogP contribution is -2.54. The Hall–Kier alpha value is -0.230. The van der Waals surface area contributed by atoms with Crippen molar-refractivity contribution in [1.82, 2.24) is 5.32 Å². The van der Waals surface area contributed by atoms with Gasteiger partial charge in [-0.2, -0.15) is 0 Å². The third kappa shape index (κ3) is 5.16. The van der Waals surface area contributed by atoms with Crippen molar-refractivity contribution < 1.29 is 4.79 Å². The van der Waals surface area contributed by atoms with Crippen molar-refractivity contribution in [2.45, 2.75) is 42.4 Å². The van der Waals surface area contributed by atoms with Crippen molar-refractivity contribution >= 4 is 46.0 Å². The van der Waals surface area contributed by atoms with Crippen LogP contribution in [0.25, 0.3) is 0 Å². The Morgan fingerprint density at radius 2 is 2.05 bits per heavy atom. The fourth-order valence-corrected chi connectivity index (χ4v) is 3.33. The van der Waals surface area contributed by atoms with E-state index in [-0.39, 0.29) is 29.1 Å². The molecule has 0 aliphatic heterocycles. The third-order valence-corrected chi connectivity index (χ3v) is 5.45. The first-order valence-corrected chi connectivity index (χ1v) is 8.56. The van der Waals surface area contributed by atoms with Crippen LogP contribution in [-0.2, 0) is 4.79 Å². The van der Waals surface area contributed by atoms with Crippen LogP contribution < -0.4 is 11.1 Å². The van der Waals surface area contributed by atoms with E-state index in [1.807, 2.05) is 31.2 Å². The van der Waals surface area contributed by atoms with E-state index in [1.54, 1.807) is 11.8 Å². The maximum absolute atomic E-state index is 12.3. The largest absolute Gasteiger partial charge is 0.348 e. The summed E-state index contributed by atoms with van der Waals surface area (Å²) in [5, 5.41) is 3.02. The van der Waals surface area contributed by atoms with Gasteiger partial charge in [-0.15, -0.1) is 24.2 Å². The summed E-state index contributed by atoms with van der Waals surface area (Å²) in [5.41, 5.74) is 5.59. The summed E-state index contributed by atoms with van der Waals surface area (Å²) in [4.78, 5) is 13.4. The molecular formula is C15H22BrClN2OS. The molecule has 1 aliphatic carbocycles. The molecule has 0 heterocycles. The number of carbonyl (C=O) groups excluding carboxylic acids is 1. The zero-order chi connectivity index (χ0) is 14.8. The van der Waals surface area contributed by atoms with E-state index in [4.69, 9.17) is 5.73 Å². The first kappa shape index (κ1) is 18.8. The van der Waals surface area contributed by atoms with Crippen molar-refractivity contribution in [2.24, 2.45) is 11.7 Å². The Labute approximate surface area is 145 Å². The van der Waals surface area contributed by atoms with Gasteiger partial charge in [0.15, 0.2) is 0 Å². The molecule has 0 spiro atoms. The second-order valence-electron chi connectivity index (χ2n) is 5.60. The van der Waals surface area contributed by atoms with Crippen LogP contribution in [0.1, 0.15) is 26.7 Å². The second kappa shape index (κ2) is 7.86. The number of carbonyl (C=O) groups is 1. The number of halogens is 2. The van der Waals surface area contributed by atoms with Crippen LogP contribution in [0.15, 0.2) is 33.6 Å². The highest BCUT2D eigenvalue weighted by molar-refractivity contribution is 9.10. The van der Waals surface area contributed by atoms with Crippen molar-refractivity contribution in [2.75, 3.05) is 6.54 Å². The van der Waals surface area contributed by atoms with Gasteiger partial charge in [0, 0.05) is 15.9 Å². The van der Waals surface area contributed by atoms with Gasteiger partial charge in [-0.05, 0) is 56.9 Å². The number of amides is 1. The van der Waals surface area contributed by atoms with E-state index in [2.05, 4.69) is 28.2 Å². The Balaban J connectivity index is 0.00000220. The lowest BCUT2D eigenvalue weighted by Gasteiger charge is -2.30. The Kier molecular flexibility index (Phi) is 7.04. The van der Waals surface area contributed by atoms with Crippen molar-refractivity contribution in [3.05, 3.63) is 28.7 Å². The Morgan fingerprint density at radius 3 is 2.52 bits per heavy atom. The van der Waals surface area contributed by atoms with Crippen molar-refractivity contribution in [1.29, 1.82) is 0 Å². The van der Waals surface area contributed by atoms with Gasteiger partial charge in [-0.25, -0.2) is 0 Å². The Morgan fingerprint density at radius 1 is 1.48 bits per heavy atom. The normalized spacial score (nSPS) is 18.3. The van der Waals surface area contributed by atoms with E-state index in [9.17, 15) is 4.79 Å². The van der Waals surface area contributed by atoms with Gasteiger partial charge in [-0.1, -0.05) is 15.9 Å². The maximum atomic E-state index is 12.3. The predicted octanol–water partition coefficient (Wildman–Crippen LogP) is 3.60. The quantitative estimate of drug-likeness (QED) is 0.726. The topological polar surface area (TPSA) is 55.1 Å². The molecule has 0 bridgehead atoms. The van der Waals surface area contributed by atoms with E-state index < -0.39 is 0 Å². The van der Waals surface area contributed by atoms with E-state index in [1.165, 1.54) is 12.8 Å². The SMILES string of the molecule is CC(Sc1ccc(Br)cc1)C(=O)NC(C)(CN)C1CC1.Cl. The number of nitrogens with one attached hydrogen (secondary N) is 1. The lowest BCUT2D eigenvalue weighted by atomic mass is 9.96. The van der Waals surface area contributed by atoms with E-state index in [0.29, 0.717) is 12.5 Å². The summed E-state index contributed by atoms with van der Waals surface area (Å²) in [6, 6.07) is 8.01. The summed E-state index contributed by atoms with van der Waals surface area (Å²) in [7, 11) is 0. The smallest absolute Gasteiger partial charge is 0.233 e. The highest BCUT2D eigenvalue weighted by Gasteiger charge is 2.42. The van der Waals surface area contributed by atoms with Crippen LogP contribution >= 0.6 is 40.1 Å². The summed E-state index contributed by atoms with van der Waals surface area (Å²) < 4.78 is 1.04. The molecule has 21 heavy (non-hydrogen) atoms. The molecule has 0 saturated heterocycles. The summed E-state index contributed by atoms with van der Waals surface area (Å²) in [6.07, 6.45) is 2.34. The van der Waals surface area contributed by atoms with Crippen molar-refractivity contribution in [3.8, 4) is 0 Å². The van der Waals surface area contributed by atoms with Crippen LogP contribution in [-0.4, -0.2) is 23.2 Å². The first-order valence-electron chi connectivity index (χ1n) is 6.89. The summed E-state index contributed by atoms with van der Waals surface area (Å²) >= 11 is 4.98. The number of rotatable bonds is 6. The molecule has 1 saturated carbocycles. The molecule has 1 aromatic rings. The molecule has 2 rings (SSSR count). The summed E-state index contributed by atoms with van der Waals surface area (Å²) in [5.74, 6) is 0.610. The lowest BCUT2D eigenvalue weighted by molar-refractivity contribution is -0.122. The molecule has 2 atom stereocenters. The fourth-order valence-electron chi connectivity index (χ4n) is 2.19. The average molecular weight is 394 g/mol. The van der Waals surface area contributed by atoms with Gasteiger partial charge in [0.25, 0.3) is 0 Å². The Bertz CT molecular complexity index is 481. The second-order valence-corrected chi connectivity index (χ2v) is 7.93. The van der Waals surface area contributed by atoms with Gasteiger partial charge in [0.1, 0.15) is 0 Å². The molecule has 2 unspecified atom stereocenters. The molecule has 0 radical (unpaired) electrons. The van der Waals surface area contributed by atoms with Gasteiger partial charge >= 0.3 is 0 Å². The molecule has 6 heteroatoms. The van der Waals surface area contributed by atoms with Gasteiger partial charge in [-0.3, -0.25) is 4.79 Å². The number of hydrogen-bond acceptors (Lipinski definition) is 3. The number of nitrogens with two attached hydrogens (primary N) is 1. The molecule has 0 aromatic heterocycles. The zero-order valence-electron chi connectivity index (χ0n) is 12.3. The minimum Gasteiger partial charge on any atom is -0.348 e. The van der Waals surface area contributed by atoms with Gasteiger partial charge < -0.3 is 11.1 Å². The number of benzene rings is 1. The van der Waals surface area contributed by atoms with Gasteiger partial charge in [0.2, 0.25) is 5.91 Å². The van der Waals surface area contributed by atoms with E-state index >= 15 is 0 Å². The molecule has 3 N–H and O–H groups in total. The zero-order valence-corrected chi connectivity index (χ0v) is 15.5. The first-order chi connectivity index (χ1) is 9.44. The van der Waals surface area contributed by atoms with E-state index in [0.717, 1.165) is 9.37 Å². The van der Waals surface area contributed by atoms with Crippen molar-refractivity contribution in [3.63, 3.8) is 0 Å². The minimum absolute atomic E-state index is 0. The number of thioether (sulfide) groups is 1.